The number of fused-ring (bicyclic) bond motifs is 4. The van der Waals surface area contributed by atoms with Gasteiger partial charge < -0.3 is 4.57 Å². The Morgan fingerprint density at radius 2 is 1.64 bits per heavy atom. The van der Waals surface area contributed by atoms with E-state index in [1.165, 1.54) is 29.5 Å². The van der Waals surface area contributed by atoms with Crippen molar-refractivity contribution in [3.05, 3.63) is 94.8 Å². The Balaban J connectivity index is 1.13. The van der Waals surface area contributed by atoms with Crippen LogP contribution in [0.2, 0.25) is 5.02 Å². The first-order valence-corrected chi connectivity index (χ1v) is 17.1. The Hall–Kier alpha value is -2.71. The third-order valence-electron chi connectivity index (χ3n) is 10.4. The number of halogens is 1. The molecule has 2 fully saturated rings. The lowest BCUT2D eigenvalue weighted by Gasteiger charge is -2.42. The maximum absolute atomic E-state index is 13.7. The second-order valence-electron chi connectivity index (χ2n) is 12.6. The van der Waals surface area contributed by atoms with Crippen LogP contribution in [0.15, 0.2) is 77.7 Å². The van der Waals surface area contributed by atoms with Gasteiger partial charge in [-0.3, -0.25) is 4.90 Å². The van der Waals surface area contributed by atoms with Crippen molar-refractivity contribution in [1.82, 2.24) is 18.8 Å². The van der Waals surface area contributed by atoms with E-state index >= 15 is 0 Å². The van der Waals surface area contributed by atoms with E-state index < -0.39 is 10.0 Å². The van der Waals surface area contributed by atoms with E-state index in [1.54, 1.807) is 35.6 Å². The third-order valence-corrected chi connectivity index (χ3v) is 12.7. The van der Waals surface area contributed by atoms with Crippen molar-refractivity contribution in [3.63, 3.8) is 0 Å². The lowest BCUT2D eigenvalue weighted by molar-refractivity contribution is 0.0949. The highest BCUT2D eigenvalue weighted by molar-refractivity contribution is 7.89. The van der Waals surface area contributed by atoms with E-state index in [2.05, 4.69) is 64.9 Å². The number of hydrogen-bond acceptors (Lipinski definition) is 4. The molecule has 3 aromatic carbocycles. The van der Waals surface area contributed by atoms with Crippen LogP contribution in [0, 0.1) is 6.92 Å². The van der Waals surface area contributed by atoms with E-state index in [9.17, 15) is 8.42 Å². The predicted octanol–water partition coefficient (Wildman–Crippen LogP) is 6.76. The summed E-state index contributed by atoms with van der Waals surface area (Å²) in [4.78, 5) is 7.80. The van der Waals surface area contributed by atoms with Crippen molar-refractivity contribution >= 4 is 32.7 Å². The molecule has 4 atom stereocenters. The smallest absolute Gasteiger partial charge is 0.244 e. The van der Waals surface area contributed by atoms with Gasteiger partial charge in [-0.2, -0.15) is 4.31 Å². The number of aromatic nitrogens is 2. The highest BCUT2D eigenvalue weighted by Gasteiger charge is 2.46. The first kappa shape index (κ1) is 28.1. The van der Waals surface area contributed by atoms with Gasteiger partial charge in [0, 0.05) is 37.1 Å². The molecule has 4 aromatic rings. The summed E-state index contributed by atoms with van der Waals surface area (Å²) in [6.07, 6.45) is 7.63. The van der Waals surface area contributed by atoms with Gasteiger partial charge in [0.05, 0.1) is 16.1 Å². The first-order valence-electron chi connectivity index (χ1n) is 15.3. The Morgan fingerprint density at radius 3 is 2.43 bits per heavy atom. The minimum atomic E-state index is -3.73. The minimum Gasteiger partial charge on any atom is -0.325 e. The van der Waals surface area contributed by atoms with Crippen LogP contribution in [-0.2, 0) is 21.9 Å². The summed E-state index contributed by atoms with van der Waals surface area (Å²) in [6.45, 7) is 3.58. The molecule has 2 saturated heterocycles. The Labute approximate surface area is 254 Å². The Kier molecular flexibility index (Phi) is 7.21. The van der Waals surface area contributed by atoms with Gasteiger partial charge in [0.25, 0.3) is 0 Å². The van der Waals surface area contributed by atoms with Crippen LogP contribution in [-0.4, -0.2) is 59.4 Å². The molecule has 3 heterocycles. The average Bonchev–Trinajstić information content (AvgIpc) is 3.59. The number of nitrogens with zero attached hydrogens (tertiary/aromatic N) is 4. The molecule has 220 valence electrons. The number of para-hydroxylation sites is 2. The molecule has 1 aliphatic carbocycles. The number of aryl methyl sites for hydroxylation is 2. The van der Waals surface area contributed by atoms with E-state index in [0.717, 1.165) is 50.0 Å². The van der Waals surface area contributed by atoms with Gasteiger partial charge >= 0.3 is 0 Å². The van der Waals surface area contributed by atoms with Crippen LogP contribution in [0.5, 0.6) is 0 Å². The molecule has 7 rings (SSSR count). The molecule has 6 nitrogen and oxygen atoms in total. The van der Waals surface area contributed by atoms with Crippen LogP contribution in [0.25, 0.3) is 11.0 Å². The fraction of sp³-hybridized carbons (Fsp3) is 0.441. The quantitative estimate of drug-likeness (QED) is 0.224. The maximum Gasteiger partial charge on any atom is 0.244 e. The van der Waals surface area contributed by atoms with Crippen molar-refractivity contribution in [3.8, 4) is 0 Å². The standard InChI is InChI=1S/C34H39ClN4O2S/c1-24-36-31-12-6-7-13-32(31)39(24)28-21-26-15-16-27(22-28)38(26)20-19-34(18-17-25-9-3-4-10-29(25)34)23-37(2)42(40,41)33-14-8-5-11-30(33)35/h3-14,26-28H,15-23H2,1-2H3/t26-,27+,28+,34?. The molecule has 0 N–H and O–H groups in total. The maximum atomic E-state index is 13.7. The summed E-state index contributed by atoms with van der Waals surface area (Å²) < 4.78 is 31.4. The Morgan fingerprint density at radius 1 is 0.952 bits per heavy atom. The molecule has 2 bridgehead atoms. The second-order valence-corrected chi connectivity index (χ2v) is 15.1. The third kappa shape index (κ3) is 4.69. The van der Waals surface area contributed by atoms with Crippen molar-refractivity contribution in [1.29, 1.82) is 0 Å². The van der Waals surface area contributed by atoms with Gasteiger partial charge in [-0.05, 0) is 93.8 Å². The summed E-state index contributed by atoms with van der Waals surface area (Å²) in [6, 6.07) is 25.5. The molecule has 3 aliphatic rings. The van der Waals surface area contributed by atoms with Gasteiger partial charge in [0.1, 0.15) is 10.7 Å². The van der Waals surface area contributed by atoms with E-state index in [0.29, 0.717) is 24.7 Å². The van der Waals surface area contributed by atoms with Gasteiger partial charge in [0.2, 0.25) is 10.0 Å². The molecule has 0 amide bonds. The molecular formula is C34H39ClN4O2S. The van der Waals surface area contributed by atoms with Crippen LogP contribution in [0.1, 0.15) is 61.5 Å². The van der Waals surface area contributed by atoms with Gasteiger partial charge in [-0.15, -0.1) is 0 Å². The second kappa shape index (κ2) is 10.8. The fourth-order valence-electron chi connectivity index (χ4n) is 8.39. The molecule has 0 radical (unpaired) electrons. The van der Waals surface area contributed by atoms with Crippen LogP contribution in [0.3, 0.4) is 0 Å². The number of piperidine rings is 1. The zero-order chi connectivity index (χ0) is 29.1. The Bertz CT molecular complexity index is 1720. The van der Waals surface area contributed by atoms with Crippen molar-refractivity contribution in [2.75, 3.05) is 20.1 Å². The SMILES string of the molecule is Cc1nc2ccccc2n1[C@H]1C[C@H]2CC[C@@H](C1)N2CCC1(CN(C)S(=O)(=O)c2ccccc2Cl)CCc2ccccc21. The number of likely N-dealkylation sites (N-methyl/N-ethyl adjacent to an activating group) is 1. The fourth-order valence-corrected chi connectivity index (χ4v) is 10.1. The first-order chi connectivity index (χ1) is 20.3. The summed E-state index contributed by atoms with van der Waals surface area (Å²) in [5, 5.41) is 0.269. The number of benzene rings is 3. The minimum absolute atomic E-state index is 0.179. The molecule has 0 saturated carbocycles. The summed E-state index contributed by atoms with van der Waals surface area (Å²) in [5.41, 5.74) is 4.77. The highest BCUT2D eigenvalue weighted by atomic mass is 35.5. The molecule has 42 heavy (non-hydrogen) atoms. The number of imidazole rings is 1. The lowest BCUT2D eigenvalue weighted by Crippen LogP contribution is -2.47. The van der Waals surface area contributed by atoms with Crippen molar-refractivity contribution < 1.29 is 8.42 Å². The summed E-state index contributed by atoms with van der Waals surface area (Å²) >= 11 is 6.36. The van der Waals surface area contributed by atoms with Crippen LogP contribution < -0.4 is 0 Å². The average molecular weight is 603 g/mol. The largest absolute Gasteiger partial charge is 0.325 e. The highest BCUT2D eigenvalue weighted by Crippen LogP contribution is 2.46. The normalized spacial score (nSPS) is 25.9. The number of hydrogen-bond donors (Lipinski definition) is 0. The summed E-state index contributed by atoms with van der Waals surface area (Å²) in [5.74, 6) is 1.11. The van der Waals surface area contributed by atoms with Crippen molar-refractivity contribution in [2.24, 2.45) is 0 Å². The monoisotopic (exact) mass is 602 g/mol. The molecular weight excluding hydrogens is 564 g/mol. The zero-order valence-corrected chi connectivity index (χ0v) is 26.0. The van der Waals surface area contributed by atoms with Gasteiger partial charge in [0.15, 0.2) is 0 Å². The molecule has 8 heteroatoms. The van der Waals surface area contributed by atoms with E-state index in [-0.39, 0.29) is 15.3 Å². The van der Waals surface area contributed by atoms with Crippen LogP contribution in [0.4, 0.5) is 0 Å². The van der Waals surface area contributed by atoms with Crippen molar-refractivity contribution in [2.45, 2.75) is 80.3 Å². The topological polar surface area (TPSA) is 58.4 Å². The van der Waals surface area contributed by atoms with Crippen LogP contribution >= 0.6 is 11.6 Å². The summed E-state index contributed by atoms with van der Waals surface area (Å²) in [7, 11) is -2.01. The predicted molar refractivity (Wildman–Crippen MR) is 169 cm³/mol. The molecule has 2 aliphatic heterocycles. The van der Waals surface area contributed by atoms with E-state index in [4.69, 9.17) is 16.6 Å². The van der Waals surface area contributed by atoms with Gasteiger partial charge in [-0.25, -0.2) is 13.4 Å². The number of rotatable bonds is 8. The molecule has 1 unspecified atom stereocenters. The molecule has 1 aromatic heterocycles. The zero-order valence-electron chi connectivity index (χ0n) is 24.4. The van der Waals surface area contributed by atoms with E-state index in [1.807, 2.05) is 0 Å². The molecule has 0 spiro atoms. The van der Waals surface area contributed by atoms with Gasteiger partial charge in [-0.1, -0.05) is 60.1 Å². The lowest BCUT2D eigenvalue weighted by atomic mass is 9.78. The number of sulfonamides is 1.